The summed E-state index contributed by atoms with van der Waals surface area (Å²) in [6.07, 6.45) is 3.70. The molecule has 0 radical (unpaired) electrons. The summed E-state index contributed by atoms with van der Waals surface area (Å²) in [5.41, 5.74) is 3.22. The Morgan fingerprint density at radius 2 is 1.83 bits per heavy atom. The van der Waals surface area contributed by atoms with Crippen LogP contribution in [0.5, 0.6) is 11.5 Å². The molecule has 126 valence electrons. The van der Waals surface area contributed by atoms with Gasteiger partial charge in [-0.2, -0.15) is 10.2 Å². The van der Waals surface area contributed by atoms with Crippen LogP contribution in [0.1, 0.15) is 25.0 Å². The maximum Gasteiger partial charge on any atom is 0.161 e. The van der Waals surface area contributed by atoms with Gasteiger partial charge in [-0.15, -0.1) is 0 Å². The second kappa shape index (κ2) is 6.06. The lowest BCUT2D eigenvalue weighted by atomic mass is 9.78. The first-order valence-electron chi connectivity index (χ1n) is 8.53. The fourth-order valence-electron chi connectivity index (χ4n) is 4.10. The Bertz CT molecular complexity index is 728. The molecule has 0 N–H and O–H groups in total. The normalized spacial score (nSPS) is 25.5. The lowest BCUT2D eigenvalue weighted by Gasteiger charge is -2.33. The first kappa shape index (κ1) is 15.4. The molecule has 5 heteroatoms. The smallest absolute Gasteiger partial charge is 0.161 e. The van der Waals surface area contributed by atoms with E-state index in [-0.39, 0.29) is 5.41 Å². The van der Waals surface area contributed by atoms with Crippen LogP contribution in [0, 0.1) is 0 Å². The number of aromatic nitrogens is 2. The molecule has 24 heavy (non-hydrogen) atoms. The van der Waals surface area contributed by atoms with E-state index >= 15 is 0 Å². The van der Waals surface area contributed by atoms with Gasteiger partial charge in [-0.25, -0.2) is 0 Å². The van der Waals surface area contributed by atoms with E-state index in [0.717, 1.165) is 29.2 Å². The van der Waals surface area contributed by atoms with Gasteiger partial charge in [-0.1, -0.05) is 0 Å². The number of benzene rings is 1. The van der Waals surface area contributed by atoms with Crippen molar-refractivity contribution in [2.45, 2.75) is 24.7 Å². The lowest BCUT2D eigenvalue weighted by Crippen LogP contribution is -2.37. The van der Waals surface area contributed by atoms with Crippen molar-refractivity contribution in [1.82, 2.24) is 15.1 Å². The second-order valence-corrected chi connectivity index (χ2v) is 6.78. The largest absolute Gasteiger partial charge is 0.493 e. The molecule has 2 unspecified atom stereocenters. The minimum absolute atomic E-state index is 0.224. The topological polar surface area (TPSA) is 47.5 Å². The van der Waals surface area contributed by atoms with Gasteiger partial charge in [0.25, 0.3) is 0 Å². The molecule has 2 bridgehead atoms. The van der Waals surface area contributed by atoms with E-state index in [4.69, 9.17) is 9.47 Å². The van der Waals surface area contributed by atoms with Crippen LogP contribution in [-0.2, 0) is 5.41 Å². The summed E-state index contributed by atoms with van der Waals surface area (Å²) in [5.74, 6) is 1.43. The van der Waals surface area contributed by atoms with Gasteiger partial charge in [0.05, 0.1) is 25.6 Å². The predicted octanol–water partition coefficient (Wildman–Crippen LogP) is 2.90. The number of methoxy groups -OCH3 is 2. The number of rotatable bonds is 4. The van der Waals surface area contributed by atoms with Gasteiger partial charge < -0.3 is 14.4 Å². The van der Waals surface area contributed by atoms with Gasteiger partial charge in [0.15, 0.2) is 11.5 Å². The van der Waals surface area contributed by atoms with Crippen LogP contribution >= 0.6 is 0 Å². The molecule has 1 aromatic heterocycles. The van der Waals surface area contributed by atoms with Crippen LogP contribution < -0.4 is 9.47 Å². The van der Waals surface area contributed by atoms with E-state index in [1.165, 1.54) is 32.4 Å². The zero-order chi connectivity index (χ0) is 16.6. The van der Waals surface area contributed by atoms with Crippen LogP contribution in [0.25, 0.3) is 11.3 Å². The Kier molecular flexibility index (Phi) is 3.88. The van der Waals surface area contributed by atoms with Gasteiger partial charge in [0, 0.05) is 17.5 Å². The molecule has 0 saturated carbocycles. The first-order valence-corrected chi connectivity index (χ1v) is 8.53. The molecule has 1 aromatic carbocycles. The lowest BCUT2D eigenvalue weighted by molar-refractivity contribution is 0.239. The first-order chi connectivity index (χ1) is 11.7. The fourth-order valence-corrected chi connectivity index (χ4v) is 4.10. The highest BCUT2D eigenvalue weighted by Crippen LogP contribution is 2.41. The Morgan fingerprint density at radius 1 is 0.958 bits per heavy atom. The van der Waals surface area contributed by atoms with Crippen LogP contribution in [0.3, 0.4) is 0 Å². The van der Waals surface area contributed by atoms with Crippen molar-refractivity contribution in [3.05, 3.63) is 36.0 Å². The fraction of sp³-hybridized carbons (Fsp3) is 0.474. The van der Waals surface area contributed by atoms with E-state index in [2.05, 4.69) is 27.2 Å². The van der Waals surface area contributed by atoms with E-state index in [9.17, 15) is 0 Å². The quantitative estimate of drug-likeness (QED) is 0.865. The molecule has 2 atom stereocenters. The van der Waals surface area contributed by atoms with Crippen LogP contribution in [-0.4, -0.2) is 49.0 Å². The van der Waals surface area contributed by atoms with Gasteiger partial charge in [0.1, 0.15) is 0 Å². The number of nitrogens with zero attached hydrogens (tertiary/aromatic N) is 3. The molecule has 2 aliphatic heterocycles. The molecule has 0 spiro atoms. The molecule has 3 heterocycles. The summed E-state index contributed by atoms with van der Waals surface area (Å²) in [4.78, 5) is 2.55. The zero-order valence-corrected chi connectivity index (χ0v) is 14.3. The van der Waals surface area contributed by atoms with Crippen molar-refractivity contribution in [3.8, 4) is 22.8 Å². The average molecular weight is 325 g/mol. The molecule has 2 aliphatic rings. The Labute approximate surface area is 142 Å². The molecular formula is C19H23N3O2. The zero-order valence-electron chi connectivity index (χ0n) is 14.3. The predicted molar refractivity (Wildman–Crippen MR) is 92.5 cm³/mol. The van der Waals surface area contributed by atoms with Crippen molar-refractivity contribution in [1.29, 1.82) is 0 Å². The van der Waals surface area contributed by atoms with Crippen molar-refractivity contribution < 1.29 is 9.47 Å². The molecule has 4 rings (SSSR count). The maximum atomic E-state index is 5.38. The third kappa shape index (κ3) is 2.53. The molecule has 5 nitrogen and oxygen atoms in total. The van der Waals surface area contributed by atoms with Crippen molar-refractivity contribution >= 4 is 0 Å². The van der Waals surface area contributed by atoms with Crippen molar-refractivity contribution in [2.75, 3.05) is 33.9 Å². The van der Waals surface area contributed by atoms with Crippen molar-refractivity contribution in [2.24, 2.45) is 0 Å². The highest BCUT2D eigenvalue weighted by atomic mass is 16.5. The molecule has 2 fully saturated rings. The Hall–Kier alpha value is -2.14. The molecule has 0 amide bonds. The average Bonchev–Trinajstić information content (AvgIpc) is 2.96. The van der Waals surface area contributed by atoms with Crippen LogP contribution in [0.4, 0.5) is 0 Å². The molecule has 2 aromatic rings. The van der Waals surface area contributed by atoms with E-state index < -0.39 is 0 Å². The van der Waals surface area contributed by atoms with Gasteiger partial charge in [-0.05, 0) is 62.7 Å². The summed E-state index contributed by atoms with van der Waals surface area (Å²) in [6.45, 7) is 3.56. The molecule has 2 saturated heterocycles. The minimum Gasteiger partial charge on any atom is -0.493 e. The Balaban J connectivity index is 1.62. The SMILES string of the molecule is COc1ccc(-c2ccc(C34CCCN(CC3)C4)nn2)cc1OC. The summed E-state index contributed by atoms with van der Waals surface area (Å²) >= 11 is 0. The number of piperidine rings is 1. The van der Waals surface area contributed by atoms with Crippen molar-refractivity contribution in [3.63, 3.8) is 0 Å². The second-order valence-electron chi connectivity index (χ2n) is 6.78. The standard InChI is InChI=1S/C19H23N3O2/c1-23-16-6-4-14(12-17(16)24-2)15-5-7-18(21-20-15)19-8-3-10-22(13-19)11-9-19/h4-7,12H,3,8-11,13H2,1-2H3. The summed E-state index contributed by atoms with van der Waals surface area (Å²) in [7, 11) is 3.28. The number of hydrogen-bond acceptors (Lipinski definition) is 5. The number of hydrogen-bond donors (Lipinski definition) is 0. The third-order valence-corrected chi connectivity index (χ3v) is 5.45. The van der Waals surface area contributed by atoms with E-state index in [1.807, 2.05) is 18.2 Å². The van der Waals surface area contributed by atoms with Gasteiger partial charge in [-0.3, -0.25) is 0 Å². The minimum atomic E-state index is 0.224. The Morgan fingerprint density at radius 3 is 2.58 bits per heavy atom. The van der Waals surface area contributed by atoms with Gasteiger partial charge >= 0.3 is 0 Å². The highest BCUT2D eigenvalue weighted by molar-refractivity contribution is 5.63. The van der Waals surface area contributed by atoms with Gasteiger partial charge in [0.2, 0.25) is 0 Å². The summed E-state index contributed by atoms with van der Waals surface area (Å²) in [6, 6.07) is 10.1. The monoisotopic (exact) mass is 325 g/mol. The maximum absolute atomic E-state index is 5.38. The van der Waals surface area contributed by atoms with E-state index in [1.54, 1.807) is 14.2 Å². The summed E-state index contributed by atoms with van der Waals surface area (Å²) in [5, 5.41) is 9.10. The molecule has 0 aliphatic carbocycles. The highest BCUT2D eigenvalue weighted by Gasteiger charge is 2.43. The van der Waals surface area contributed by atoms with E-state index in [0.29, 0.717) is 5.75 Å². The number of fused-ring (bicyclic) bond motifs is 2. The van der Waals surface area contributed by atoms with Crippen LogP contribution in [0.2, 0.25) is 0 Å². The van der Waals surface area contributed by atoms with Crippen LogP contribution in [0.15, 0.2) is 30.3 Å². The number of ether oxygens (including phenoxy) is 2. The molecular weight excluding hydrogens is 302 g/mol. The third-order valence-electron chi connectivity index (χ3n) is 5.45. The summed E-state index contributed by atoms with van der Waals surface area (Å²) < 4.78 is 10.7.